The van der Waals surface area contributed by atoms with Crippen molar-refractivity contribution in [1.29, 1.82) is 0 Å². The molecule has 6 N–H and O–H groups in total. The maximum absolute atomic E-state index is 10.3. The first kappa shape index (κ1) is 18.4. The Morgan fingerprint density at radius 3 is 2.86 bits per heavy atom. The highest BCUT2D eigenvalue weighted by atomic mass is 16.6. The van der Waals surface area contributed by atoms with E-state index in [0.717, 1.165) is 0 Å². The average molecular weight is 401 g/mol. The number of rotatable bonds is 5. The second-order valence-electron chi connectivity index (χ2n) is 7.79. The number of nitrogens with one attached hydrogen (secondary N) is 1. The molecule has 2 bridgehead atoms. The number of anilines is 2. The summed E-state index contributed by atoms with van der Waals surface area (Å²) in [6, 6.07) is 0. The molecule has 0 radical (unpaired) electrons. The minimum atomic E-state index is -1.25. The standard InChI is InChI=1S/C18H23N7O4/c19-15-12-16(25(7-20-12)17-14(28)13(27)11(6-26)29-17)23-18(22-15)24-21-5-10-4-8-1-2-9(10)3-8/h4-5,7-9,11,13-14,17,26-28H,1-3,6H2,(H3,19,22,23,24)/b21-5+. The second-order valence-corrected chi connectivity index (χ2v) is 7.79. The Morgan fingerprint density at radius 1 is 1.31 bits per heavy atom. The van der Waals surface area contributed by atoms with Gasteiger partial charge in [0.2, 0.25) is 5.95 Å². The predicted molar refractivity (Wildman–Crippen MR) is 104 cm³/mol. The first-order valence-electron chi connectivity index (χ1n) is 9.68. The Morgan fingerprint density at radius 2 is 2.17 bits per heavy atom. The Kier molecular flexibility index (Phi) is 4.46. The molecule has 2 aliphatic carbocycles. The molecule has 2 aromatic heterocycles. The van der Waals surface area contributed by atoms with E-state index in [0.29, 0.717) is 23.0 Å². The normalized spacial score (nSPS) is 33.8. The van der Waals surface area contributed by atoms with Crippen LogP contribution in [-0.4, -0.2) is 66.0 Å². The fraction of sp³-hybridized carbons (Fsp3) is 0.556. The van der Waals surface area contributed by atoms with E-state index >= 15 is 0 Å². The number of hydrogen-bond donors (Lipinski definition) is 5. The van der Waals surface area contributed by atoms with Crippen LogP contribution in [0, 0.1) is 11.8 Å². The number of nitrogen functional groups attached to an aromatic ring is 1. The maximum Gasteiger partial charge on any atom is 0.247 e. The van der Waals surface area contributed by atoms with E-state index in [1.54, 1.807) is 6.21 Å². The molecule has 1 saturated carbocycles. The summed E-state index contributed by atoms with van der Waals surface area (Å²) in [5.74, 6) is 1.60. The Bertz CT molecular complexity index is 990. The lowest BCUT2D eigenvalue weighted by Gasteiger charge is -2.16. The van der Waals surface area contributed by atoms with Gasteiger partial charge in [0.25, 0.3) is 0 Å². The molecule has 11 heteroatoms. The molecule has 2 aromatic rings. The van der Waals surface area contributed by atoms with E-state index in [4.69, 9.17) is 10.5 Å². The van der Waals surface area contributed by atoms with Crippen LogP contribution in [0.3, 0.4) is 0 Å². The van der Waals surface area contributed by atoms with E-state index in [-0.39, 0.29) is 11.8 Å². The van der Waals surface area contributed by atoms with Crippen LogP contribution in [0.1, 0.15) is 25.5 Å². The van der Waals surface area contributed by atoms with E-state index in [2.05, 4.69) is 31.6 Å². The van der Waals surface area contributed by atoms with Crippen molar-refractivity contribution >= 4 is 29.1 Å². The molecule has 3 aliphatic rings. The molecule has 0 spiro atoms. The van der Waals surface area contributed by atoms with E-state index in [9.17, 15) is 15.3 Å². The fourth-order valence-corrected chi connectivity index (χ4v) is 4.48. The summed E-state index contributed by atoms with van der Waals surface area (Å²) in [6.45, 7) is -0.419. The zero-order valence-electron chi connectivity index (χ0n) is 15.6. The van der Waals surface area contributed by atoms with Crippen LogP contribution in [0.4, 0.5) is 11.8 Å². The van der Waals surface area contributed by atoms with Crippen LogP contribution in [-0.2, 0) is 4.74 Å². The van der Waals surface area contributed by atoms with Crippen LogP contribution in [0.25, 0.3) is 11.2 Å². The molecule has 0 amide bonds. The molecule has 11 nitrogen and oxygen atoms in total. The highest BCUT2D eigenvalue weighted by Gasteiger charge is 2.44. The van der Waals surface area contributed by atoms with Crippen molar-refractivity contribution in [3.63, 3.8) is 0 Å². The van der Waals surface area contributed by atoms with Crippen LogP contribution < -0.4 is 11.2 Å². The third kappa shape index (κ3) is 3.06. The summed E-state index contributed by atoms with van der Waals surface area (Å²) >= 11 is 0. The number of nitrogens with two attached hydrogens (primary N) is 1. The van der Waals surface area contributed by atoms with Crippen LogP contribution in [0.15, 0.2) is 23.1 Å². The van der Waals surface area contributed by atoms with Gasteiger partial charge in [-0.15, -0.1) is 0 Å². The van der Waals surface area contributed by atoms with Crippen LogP contribution in [0.2, 0.25) is 0 Å². The summed E-state index contributed by atoms with van der Waals surface area (Å²) < 4.78 is 7.02. The quantitative estimate of drug-likeness (QED) is 0.336. The highest BCUT2D eigenvalue weighted by molar-refractivity contribution is 5.83. The van der Waals surface area contributed by atoms with Gasteiger partial charge in [-0.3, -0.25) is 4.57 Å². The molecule has 154 valence electrons. The van der Waals surface area contributed by atoms with Crippen molar-refractivity contribution in [2.24, 2.45) is 16.9 Å². The van der Waals surface area contributed by atoms with Crippen LogP contribution in [0.5, 0.6) is 0 Å². The van der Waals surface area contributed by atoms with Gasteiger partial charge in [0.1, 0.15) is 23.8 Å². The average Bonchev–Trinajstić information content (AvgIpc) is 3.47. The number of aliphatic hydroxyl groups excluding tert-OH is 3. The lowest BCUT2D eigenvalue weighted by Crippen LogP contribution is -2.33. The van der Waals surface area contributed by atoms with Crippen molar-refractivity contribution in [1.82, 2.24) is 19.5 Å². The largest absolute Gasteiger partial charge is 0.394 e. The first-order chi connectivity index (χ1) is 14.0. The Labute approximate surface area is 165 Å². The molecule has 0 aromatic carbocycles. The zero-order chi connectivity index (χ0) is 20.1. The summed E-state index contributed by atoms with van der Waals surface area (Å²) in [6.07, 6.45) is 4.83. The molecule has 29 heavy (non-hydrogen) atoms. The van der Waals surface area contributed by atoms with Crippen molar-refractivity contribution in [3.05, 3.63) is 18.0 Å². The molecule has 2 fully saturated rings. The number of allylic oxidation sites excluding steroid dienone is 2. The van der Waals surface area contributed by atoms with Gasteiger partial charge >= 0.3 is 0 Å². The van der Waals surface area contributed by atoms with Gasteiger partial charge in [-0.05, 0) is 36.7 Å². The number of hydrogen-bond acceptors (Lipinski definition) is 10. The molecular weight excluding hydrogens is 378 g/mol. The van der Waals surface area contributed by atoms with E-state index in [1.165, 1.54) is 35.7 Å². The Hall–Kier alpha value is -2.60. The maximum atomic E-state index is 10.3. The number of nitrogens with zero attached hydrogens (tertiary/aromatic N) is 5. The molecule has 5 rings (SSSR count). The van der Waals surface area contributed by atoms with Gasteiger partial charge in [0.15, 0.2) is 17.7 Å². The van der Waals surface area contributed by atoms with Crippen molar-refractivity contribution in [3.8, 4) is 0 Å². The fourth-order valence-electron chi connectivity index (χ4n) is 4.48. The minimum absolute atomic E-state index is 0.150. The van der Waals surface area contributed by atoms with E-state index < -0.39 is 31.1 Å². The molecule has 1 aliphatic heterocycles. The number of aliphatic hydroxyl groups is 3. The van der Waals surface area contributed by atoms with Gasteiger partial charge in [0, 0.05) is 0 Å². The second kappa shape index (κ2) is 7.02. The van der Waals surface area contributed by atoms with Gasteiger partial charge in [-0.25, -0.2) is 10.4 Å². The van der Waals surface area contributed by atoms with Gasteiger partial charge in [-0.2, -0.15) is 15.1 Å². The van der Waals surface area contributed by atoms with Gasteiger partial charge in [0.05, 0.1) is 19.1 Å². The highest BCUT2D eigenvalue weighted by Crippen LogP contribution is 2.42. The SMILES string of the molecule is Nc1nc(N/N=C/C2=CC3CCC2C3)nc2c1ncn2C1OC(CO)C(O)C1O. The zero-order valence-corrected chi connectivity index (χ0v) is 15.6. The summed E-state index contributed by atoms with van der Waals surface area (Å²) in [7, 11) is 0. The topological polar surface area (TPSA) is 164 Å². The number of fused-ring (bicyclic) bond motifs is 3. The van der Waals surface area contributed by atoms with E-state index in [1.807, 2.05) is 0 Å². The molecule has 1 saturated heterocycles. The number of hydrazone groups is 1. The number of aromatic nitrogens is 4. The van der Waals surface area contributed by atoms with Crippen LogP contribution >= 0.6 is 0 Å². The van der Waals surface area contributed by atoms with Gasteiger partial charge < -0.3 is 25.8 Å². The predicted octanol–water partition coefficient (Wildman–Crippen LogP) is -0.226. The summed E-state index contributed by atoms with van der Waals surface area (Å²) in [4.78, 5) is 12.8. The summed E-state index contributed by atoms with van der Waals surface area (Å²) in [5.41, 5.74) is 10.7. The molecule has 3 heterocycles. The Balaban J connectivity index is 1.40. The number of imidazole rings is 1. The third-order valence-corrected chi connectivity index (χ3v) is 5.99. The summed E-state index contributed by atoms with van der Waals surface area (Å²) in [5, 5.41) is 33.8. The van der Waals surface area contributed by atoms with Gasteiger partial charge in [-0.1, -0.05) is 6.08 Å². The molecule has 6 unspecified atom stereocenters. The molecular formula is C18H23N7O4. The lowest BCUT2D eigenvalue weighted by atomic mass is 10.00. The smallest absolute Gasteiger partial charge is 0.247 e. The van der Waals surface area contributed by atoms with Crippen molar-refractivity contribution in [2.75, 3.05) is 17.8 Å². The lowest BCUT2D eigenvalue weighted by molar-refractivity contribution is -0.0511. The third-order valence-electron chi connectivity index (χ3n) is 5.99. The molecule has 6 atom stereocenters. The first-order valence-corrected chi connectivity index (χ1v) is 9.68. The monoisotopic (exact) mass is 401 g/mol. The van der Waals surface area contributed by atoms with Crippen molar-refractivity contribution in [2.45, 2.75) is 43.8 Å². The minimum Gasteiger partial charge on any atom is -0.394 e. The van der Waals surface area contributed by atoms with Crippen molar-refractivity contribution < 1.29 is 20.1 Å². The number of ether oxygens (including phenoxy) is 1.